The van der Waals surface area contributed by atoms with Crippen LogP contribution in [0.1, 0.15) is 19.8 Å². The minimum Gasteiger partial charge on any atom is -0.393 e. The van der Waals surface area contributed by atoms with Crippen LogP contribution >= 0.6 is 0 Å². The third-order valence-electron chi connectivity index (χ3n) is 1.76. The standard InChI is InChI=1S/C8H11NO3/c1-2-6(10)3-5-4-7(11)9-8(5)12/h4,6,10H,2-3H2,1H3,(H,9,11,12). The van der Waals surface area contributed by atoms with Crippen LogP contribution in [0.5, 0.6) is 0 Å². The number of aliphatic hydroxyl groups is 1. The monoisotopic (exact) mass is 169 g/mol. The van der Waals surface area contributed by atoms with Crippen molar-refractivity contribution >= 4 is 11.8 Å². The number of hydrogen-bond acceptors (Lipinski definition) is 3. The van der Waals surface area contributed by atoms with Gasteiger partial charge in [-0.25, -0.2) is 0 Å². The van der Waals surface area contributed by atoms with Crippen molar-refractivity contribution in [3.63, 3.8) is 0 Å². The van der Waals surface area contributed by atoms with Crippen molar-refractivity contribution in [2.24, 2.45) is 0 Å². The number of hydrogen-bond donors (Lipinski definition) is 2. The molecule has 66 valence electrons. The smallest absolute Gasteiger partial charge is 0.254 e. The second kappa shape index (κ2) is 3.49. The maximum atomic E-state index is 10.9. The van der Waals surface area contributed by atoms with Gasteiger partial charge in [0.05, 0.1) is 6.10 Å². The van der Waals surface area contributed by atoms with Crippen LogP contribution in [0.2, 0.25) is 0 Å². The molecule has 0 radical (unpaired) electrons. The highest BCUT2D eigenvalue weighted by atomic mass is 16.3. The fourth-order valence-electron chi connectivity index (χ4n) is 1.00. The molecule has 12 heavy (non-hydrogen) atoms. The molecule has 1 aliphatic rings. The lowest BCUT2D eigenvalue weighted by molar-refractivity contribution is -0.124. The Labute approximate surface area is 70.3 Å². The molecule has 1 rings (SSSR count). The minimum atomic E-state index is -0.534. The van der Waals surface area contributed by atoms with Crippen molar-refractivity contribution in [2.75, 3.05) is 0 Å². The lowest BCUT2D eigenvalue weighted by Crippen LogP contribution is -2.23. The average Bonchev–Trinajstić information content (AvgIpc) is 2.30. The van der Waals surface area contributed by atoms with Crippen LogP contribution in [0.15, 0.2) is 11.6 Å². The second-order valence-electron chi connectivity index (χ2n) is 2.75. The van der Waals surface area contributed by atoms with Crippen LogP contribution < -0.4 is 5.32 Å². The van der Waals surface area contributed by atoms with Crippen molar-refractivity contribution in [3.8, 4) is 0 Å². The first kappa shape index (κ1) is 8.93. The topological polar surface area (TPSA) is 66.4 Å². The third kappa shape index (κ3) is 1.92. The van der Waals surface area contributed by atoms with Crippen LogP contribution in [0, 0.1) is 0 Å². The van der Waals surface area contributed by atoms with Crippen molar-refractivity contribution in [2.45, 2.75) is 25.9 Å². The second-order valence-corrected chi connectivity index (χ2v) is 2.75. The Morgan fingerprint density at radius 2 is 2.25 bits per heavy atom. The molecule has 0 fully saturated rings. The van der Waals surface area contributed by atoms with E-state index in [0.29, 0.717) is 12.0 Å². The van der Waals surface area contributed by atoms with Gasteiger partial charge in [0, 0.05) is 18.1 Å². The first-order valence-corrected chi connectivity index (χ1v) is 3.87. The van der Waals surface area contributed by atoms with Crippen LogP contribution in [-0.2, 0) is 9.59 Å². The van der Waals surface area contributed by atoms with Crippen LogP contribution in [0.3, 0.4) is 0 Å². The van der Waals surface area contributed by atoms with Crippen molar-refractivity contribution in [3.05, 3.63) is 11.6 Å². The van der Waals surface area contributed by atoms with E-state index in [1.807, 2.05) is 6.92 Å². The van der Waals surface area contributed by atoms with Crippen molar-refractivity contribution < 1.29 is 14.7 Å². The van der Waals surface area contributed by atoms with E-state index < -0.39 is 12.0 Å². The van der Waals surface area contributed by atoms with Gasteiger partial charge in [0.15, 0.2) is 0 Å². The quantitative estimate of drug-likeness (QED) is 0.571. The van der Waals surface area contributed by atoms with Gasteiger partial charge in [-0.15, -0.1) is 0 Å². The molecule has 0 aromatic rings. The maximum Gasteiger partial charge on any atom is 0.254 e. The zero-order valence-electron chi connectivity index (χ0n) is 6.83. The summed E-state index contributed by atoms with van der Waals surface area (Å²) in [5.74, 6) is -0.772. The molecule has 0 aromatic carbocycles. The Balaban J connectivity index is 2.58. The highest BCUT2D eigenvalue weighted by Gasteiger charge is 2.21. The van der Waals surface area contributed by atoms with Crippen molar-refractivity contribution in [1.82, 2.24) is 5.32 Å². The van der Waals surface area contributed by atoms with Gasteiger partial charge in [0.2, 0.25) is 0 Å². The minimum absolute atomic E-state index is 0.258. The normalized spacial score (nSPS) is 19.0. The summed E-state index contributed by atoms with van der Waals surface area (Å²) in [7, 11) is 0. The van der Waals surface area contributed by atoms with Gasteiger partial charge < -0.3 is 5.11 Å². The predicted molar refractivity (Wildman–Crippen MR) is 42.1 cm³/mol. The van der Waals surface area contributed by atoms with E-state index in [-0.39, 0.29) is 12.3 Å². The Morgan fingerprint density at radius 3 is 2.67 bits per heavy atom. The first-order chi connectivity index (χ1) is 5.63. The summed E-state index contributed by atoms with van der Waals surface area (Å²) in [6, 6.07) is 0. The Bertz CT molecular complexity index is 245. The lowest BCUT2D eigenvalue weighted by atomic mass is 10.1. The summed E-state index contributed by atoms with van der Waals surface area (Å²) in [4.78, 5) is 21.6. The molecule has 0 saturated heterocycles. The van der Waals surface area contributed by atoms with Crippen LogP contribution in [0.4, 0.5) is 0 Å². The SMILES string of the molecule is CCC(O)CC1=CC(=O)NC1=O. The zero-order valence-corrected chi connectivity index (χ0v) is 6.83. The molecule has 0 spiro atoms. The number of amides is 2. The van der Waals surface area contributed by atoms with E-state index >= 15 is 0 Å². The maximum absolute atomic E-state index is 10.9. The molecule has 1 aliphatic heterocycles. The molecule has 1 atom stereocenters. The molecular weight excluding hydrogens is 158 g/mol. The number of carbonyl (C=O) groups is 2. The van der Waals surface area contributed by atoms with Gasteiger partial charge in [0.1, 0.15) is 0 Å². The predicted octanol–water partition coefficient (Wildman–Crippen LogP) is -0.270. The van der Waals surface area contributed by atoms with Gasteiger partial charge in [-0.2, -0.15) is 0 Å². The van der Waals surface area contributed by atoms with Gasteiger partial charge >= 0.3 is 0 Å². The molecule has 0 bridgehead atoms. The summed E-state index contributed by atoms with van der Waals surface area (Å²) in [6.07, 6.45) is 1.54. The Morgan fingerprint density at radius 1 is 1.58 bits per heavy atom. The molecule has 1 unspecified atom stereocenters. The highest BCUT2D eigenvalue weighted by molar-refractivity contribution is 6.16. The molecule has 2 N–H and O–H groups in total. The largest absolute Gasteiger partial charge is 0.393 e. The molecule has 0 saturated carbocycles. The molecule has 4 nitrogen and oxygen atoms in total. The van der Waals surface area contributed by atoms with Crippen LogP contribution in [-0.4, -0.2) is 23.0 Å². The average molecular weight is 169 g/mol. The molecule has 1 heterocycles. The van der Waals surface area contributed by atoms with E-state index in [1.165, 1.54) is 6.08 Å². The van der Waals surface area contributed by atoms with Crippen molar-refractivity contribution in [1.29, 1.82) is 0 Å². The Hall–Kier alpha value is -1.16. The van der Waals surface area contributed by atoms with E-state index in [1.54, 1.807) is 0 Å². The molecule has 4 heteroatoms. The van der Waals surface area contributed by atoms with Gasteiger partial charge in [0.25, 0.3) is 11.8 Å². The molecule has 0 aromatic heterocycles. The van der Waals surface area contributed by atoms with Gasteiger partial charge in [-0.3, -0.25) is 14.9 Å². The number of carbonyl (C=O) groups excluding carboxylic acids is 2. The highest BCUT2D eigenvalue weighted by Crippen LogP contribution is 2.11. The van der Waals surface area contributed by atoms with Gasteiger partial charge in [-0.05, 0) is 6.42 Å². The molecular formula is C8H11NO3. The van der Waals surface area contributed by atoms with Crippen LogP contribution in [0.25, 0.3) is 0 Å². The summed E-state index contributed by atoms with van der Waals surface area (Å²) in [5, 5.41) is 11.3. The summed E-state index contributed by atoms with van der Waals surface area (Å²) >= 11 is 0. The number of imide groups is 1. The third-order valence-corrected chi connectivity index (χ3v) is 1.76. The summed E-state index contributed by atoms with van der Waals surface area (Å²) in [5.41, 5.74) is 0.370. The zero-order chi connectivity index (χ0) is 9.14. The number of nitrogens with one attached hydrogen (secondary N) is 1. The number of aliphatic hydroxyl groups excluding tert-OH is 1. The number of rotatable bonds is 3. The lowest BCUT2D eigenvalue weighted by Gasteiger charge is -2.05. The first-order valence-electron chi connectivity index (χ1n) is 3.87. The summed E-state index contributed by atoms with van der Waals surface area (Å²) < 4.78 is 0. The van der Waals surface area contributed by atoms with Gasteiger partial charge in [-0.1, -0.05) is 6.92 Å². The Kier molecular flexibility index (Phi) is 2.60. The fourth-order valence-corrected chi connectivity index (χ4v) is 1.00. The van der Waals surface area contributed by atoms with E-state index in [4.69, 9.17) is 0 Å². The fraction of sp³-hybridized carbons (Fsp3) is 0.500. The van der Waals surface area contributed by atoms with E-state index in [9.17, 15) is 14.7 Å². The molecule has 2 amide bonds. The van der Waals surface area contributed by atoms with E-state index in [0.717, 1.165) is 0 Å². The summed E-state index contributed by atoms with van der Waals surface area (Å²) in [6.45, 7) is 1.82. The molecule has 0 aliphatic carbocycles. The van der Waals surface area contributed by atoms with E-state index in [2.05, 4.69) is 5.32 Å².